The number of amides is 1. The first-order valence-electron chi connectivity index (χ1n) is 8.46. The van der Waals surface area contributed by atoms with E-state index in [1.54, 1.807) is 12.3 Å². The van der Waals surface area contributed by atoms with Crippen molar-refractivity contribution in [2.75, 3.05) is 0 Å². The van der Waals surface area contributed by atoms with E-state index in [0.717, 1.165) is 5.56 Å². The normalized spacial score (nSPS) is 10.8. The van der Waals surface area contributed by atoms with Crippen molar-refractivity contribution in [3.63, 3.8) is 0 Å². The molecule has 0 atom stereocenters. The highest BCUT2D eigenvalue weighted by Gasteiger charge is 2.13. The fourth-order valence-corrected chi connectivity index (χ4v) is 2.78. The van der Waals surface area contributed by atoms with Crippen LogP contribution in [0.5, 0.6) is 0 Å². The number of nitrogens with zero attached hydrogens (tertiary/aromatic N) is 3. The zero-order chi connectivity index (χ0) is 20.8. The van der Waals surface area contributed by atoms with Crippen molar-refractivity contribution in [1.29, 1.82) is 0 Å². The van der Waals surface area contributed by atoms with Crippen molar-refractivity contribution < 1.29 is 9.72 Å². The summed E-state index contributed by atoms with van der Waals surface area (Å²) in [5.41, 5.74) is 2.76. The number of benzene rings is 2. The Morgan fingerprint density at radius 1 is 1.17 bits per heavy atom. The van der Waals surface area contributed by atoms with E-state index in [1.165, 1.54) is 35.0 Å². The zero-order valence-corrected chi connectivity index (χ0v) is 15.7. The predicted molar refractivity (Wildman–Crippen MR) is 109 cm³/mol. The fraction of sp³-hybridized carbons (Fsp3) is 0.0500. The van der Waals surface area contributed by atoms with Gasteiger partial charge in [-0.2, -0.15) is 5.10 Å². The molecule has 1 N–H and O–H groups in total. The van der Waals surface area contributed by atoms with E-state index in [0.29, 0.717) is 12.1 Å². The van der Waals surface area contributed by atoms with Crippen molar-refractivity contribution in [2.24, 2.45) is 5.10 Å². The molecule has 3 rings (SSSR count). The molecule has 29 heavy (non-hydrogen) atoms. The van der Waals surface area contributed by atoms with Gasteiger partial charge >= 0.3 is 0 Å². The van der Waals surface area contributed by atoms with Gasteiger partial charge in [0.05, 0.1) is 17.7 Å². The molecule has 0 aliphatic carbocycles. The summed E-state index contributed by atoms with van der Waals surface area (Å²) in [5.74, 6) is -0.683. The minimum Gasteiger partial charge on any atom is -0.310 e. The maximum Gasteiger partial charge on any atom is 0.288 e. The third-order valence-corrected chi connectivity index (χ3v) is 4.33. The summed E-state index contributed by atoms with van der Waals surface area (Å²) in [6.45, 7) is 0.332. The van der Waals surface area contributed by atoms with Crippen molar-refractivity contribution >= 4 is 29.4 Å². The number of carbonyl (C=O) groups excluding carboxylic acids is 1. The van der Waals surface area contributed by atoms with E-state index >= 15 is 0 Å². The number of aromatic nitrogens is 1. The Balaban J connectivity index is 1.74. The summed E-state index contributed by atoms with van der Waals surface area (Å²) in [6, 6.07) is 16.5. The molecule has 0 aliphatic heterocycles. The highest BCUT2D eigenvalue weighted by atomic mass is 35.5. The first-order chi connectivity index (χ1) is 14.0. The number of hydrazone groups is 1. The number of rotatable bonds is 6. The number of hydrogen-bond acceptors (Lipinski definition) is 5. The maximum absolute atomic E-state index is 12.6. The average Bonchev–Trinajstić information content (AvgIpc) is 2.71. The van der Waals surface area contributed by atoms with Crippen LogP contribution in [0.1, 0.15) is 21.5 Å². The summed E-state index contributed by atoms with van der Waals surface area (Å²) < 4.78 is 1.43. The zero-order valence-electron chi connectivity index (χ0n) is 15.0. The lowest BCUT2D eigenvalue weighted by atomic mass is 10.2. The van der Waals surface area contributed by atoms with Gasteiger partial charge in [-0.05, 0) is 23.8 Å². The molecular weight excluding hydrogens is 396 g/mol. The van der Waals surface area contributed by atoms with Crippen LogP contribution in [0, 0.1) is 10.1 Å². The number of nitro benzene ring substituents is 1. The highest BCUT2D eigenvalue weighted by Crippen LogP contribution is 2.24. The van der Waals surface area contributed by atoms with Gasteiger partial charge in [-0.3, -0.25) is 19.7 Å². The SMILES string of the molecule is O=C(N/N=C\c1ccc(Cl)c([N+](=O)[O-])c1)c1cccn(Cc2ccccc2)c1=O. The van der Waals surface area contributed by atoms with Gasteiger partial charge in [-0.15, -0.1) is 0 Å². The lowest BCUT2D eigenvalue weighted by molar-refractivity contribution is -0.384. The molecule has 0 unspecified atom stereocenters. The molecule has 3 aromatic rings. The molecule has 1 amide bonds. The molecule has 1 aromatic heterocycles. The van der Waals surface area contributed by atoms with Gasteiger partial charge in [0, 0.05) is 17.8 Å². The van der Waals surface area contributed by atoms with Gasteiger partial charge in [-0.25, -0.2) is 5.43 Å². The Morgan fingerprint density at radius 3 is 2.66 bits per heavy atom. The second-order valence-corrected chi connectivity index (χ2v) is 6.41. The maximum atomic E-state index is 12.6. The van der Waals surface area contributed by atoms with E-state index in [2.05, 4.69) is 10.5 Å². The van der Waals surface area contributed by atoms with Crippen LogP contribution in [0.4, 0.5) is 5.69 Å². The van der Waals surface area contributed by atoms with Gasteiger partial charge in [0.1, 0.15) is 10.6 Å². The number of nitrogens with one attached hydrogen (secondary N) is 1. The molecule has 0 radical (unpaired) electrons. The molecule has 0 bridgehead atoms. The molecule has 2 aromatic carbocycles. The minimum absolute atomic E-state index is 0.000520. The fourth-order valence-electron chi connectivity index (χ4n) is 2.59. The predicted octanol–water partition coefficient (Wildman–Crippen LogP) is 3.22. The molecule has 0 fully saturated rings. The van der Waals surface area contributed by atoms with Gasteiger partial charge in [0.2, 0.25) is 0 Å². The minimum atomic E-state index is -0.683. The Hall–Kier alpha value is -3.78. The van der Waals surface area contributed by atoms with Crippen LogP contribution in [-0.2, 0) is 6.54 Å². The van der Waals surface area contributed by atoms with E-state index in [4.69, 9.17) is 11.6 Å². The van der Waals surface area contributed by atoms with Crippen molar-refractivity contribution in [1.82, 2.24) is 9.99 Å². The summed E-state index contributed by atoms with van der Waals surface area (Å²) >= 11 is 5.75. The molecule has 0 saturated carbocycles. The lowest BCUT2D eigenvalue weighted by Gasteiger charge is -2.07. The van der Waals surface area contributed by atoms with Crippen molar-refractivity contribution in [3.05, 3.63) is 109 Å². The largest absolute Gasteiger partial charge is 0.310 e. The Morgan fingerprint density at radius 2 is 1.93 bits per heavy atom. The summed E-state index contributed by atoms with van der Waals surface area (Å²) in [4.78, 5) is 35.2. The van der Waals surface area contributed by atoms with Crippen LogP contribution in [0.2, 0.25) is 5.02 Å². The molecular formula is C20H15ClN4O4. The smallest absolute Gasteiger partial charge is 0.288 e. The van der Waals surface area contributed by atoms with E-state index < -0.39 is 16.4 Å². The highest BCUT2D eigenvalue weighted by molar-refractivity contribution is 6.32. The number of pyridine rings is 1. The van der Waals surface area contributed by atoms with Crippen LogP contribution in [0.3, 0.4) is 0 Å². The van der Waals surface area contributed by atoms with E-state index in [1.807, 2.05) is 30.3 Å². The Kier molecular flexibility index (Phi) is 6.16. The number of halogens is 1. The molecule has 1 heterocycles. The van der Waals surface area contributed by atoms with Crippen LogP contribution < -0.4 is 11.0 Å². The third kappa shape index (κ3) is 4.94. The third-order valence-electron chi connectivity index (χ3n) is 4.01. The van der Waals surface area contributed by atoms with E-state index in [9.17, 15) is 19.7 Å². The van der Waals surface area contributed by atoms with Crippen LogP contribution in [-0.4, -0.2) is 21.6 Å². The first kappa shape index (κ1) is 20.0. The van der Waals surface area contributed by atoms with Gasteiger partial charge in [0.25, 0.3) is 17.2 Å². The van der Waals surface area contributed by atoms with Crippen LogP contribution in [0.15, 0.2) is 76.8 Å². The first-order valence-corrected chi connectivity index (χ1v) is 8.84. The summed E-state index contributed by atoms with van der Waals surface area (Å²) in [7, 11) is 0. The second kappa shape index (κ2) is 8.94. The van der Waals surface area contributed by atoms with Crippen LogP contribution in [0.25, 0.3) is 0 Å². The summed E-state index contributed by atoms with van der Waals surface area (Å²) in [5, 5.41) is 14.7. The molecule has 0 aliphatic rings. The number of nitro groups is 1. The standard InChI is InChI=1S/C20H15ClN4O4/c21-17-9-8-15(11-18(17)25(28)29)12-22-23-19(26)16-7-4-10-24(20(16)27)13-14-5-2-1-3-6-14/h1-12H,13H2,(H,23,26)/b22-12-. The molecule has 0 saturated heterocycles. The number of hydrogen-bond donors (Lipinski definition) is 1. The Labute approximate surface area is 170 Å². The topological polar surface area (TPSA) is 107 Å². The Bertz CT molecular complexity index is 1140. The van der Waals surface area contributed by atoms with Gasteiger partial charge in [-0.1, -0.05) is 48.0 Å². The van der Waals surface area contributed by atoms with Gasteiger partial charge in [0.15, 0.2) is 0 Å². The quantitative estimate of drug-likeness (QED) is 0.382. The molecule has 146 valence electrons. The van der Waals surface area contributed by atoms with Crippen LogP contribution >= 0.6 is 11.6 Å². The lowest BCUT2D eigenvalue weighted by Crippen LogP contribution is -2.30. The van der Waals surface area contributed by atoms with Crippen molar-refractivity contribution in [2.45, 2.75) is 6.54 Å². The summed E-state index contributed by atoms with van der Waals surface area (Å²) in [6.07, 6.45) is 2.83. The van der Waals surface area contributed by atoms with Gasteiger partial charge < -0.3 is 4.57 Å². The second-order valence-electron chi connectivity index (χ2n) is 6.01. The number of carbonyl (C=O) groups is 1. The van der Waals surface area contributed by atoms with E-state index in [-0.39, 0.29) is 16.3 Å². The molecule has 8 nitrogen and oxygen atoms in total. The monoisotopic (exact) mass is 410 g/mol. The molecule has 9 heteroatoms. The average molecular weight is 411 g/mol. The van der Waals surface area contributed by atoms with Crippen molar-refractivity contribution in [3.8, 4) is 0 Å². The molecule has 0 spiro atoms.